The Kier molecular flexibility index (Phi) is 5.51. The van der Waals surface area contributed by atoms with Gasteiger partial charge in [0.1, 0.15) is 0 Å². The Labute approximate surface area is 144 Å². The van der Waals surface area contributed by atoms with E-state index in [-0.39, 0.29) is 24.4 Å². The quantitative estimate of drug-likeness (QED) is 0.826. The van der Waals surface area contributed by atoms with Crippen LogP contribution in [0.5, 0.6) is 0 Å². The van der Waals surface area contributed by atoms with E-state index >= 15 is 0 Å². The van der Waals surface area contributed by atoms with Crippen LogP contribution in [0.25, 0.3) is 0 Å². The summed E-state index contributed by atoms with van der Waals surface area (Å²) in [6.07, 6.45) is 3.62. The molecule has 2 aliphatic heterocycles. The fraction of sp³-hybridized carbons (Fsp3) is 0.579. The summed E-state index contributed by atoms with van der Waals surface area (Å²) in [4.78, 5) is 30.2. The summed E-state index contributed by atoms with van der Waals surface area (Å²) in [7, 11) is 1.89. The van der Waals surface area contributed by atoms with Crippen molar-refractivity contribution >= 4 is 11.8 Å². The Hall–Kier alpha value is -1.88. The Balaban J connectivity index is 1.53. The van der Waals surface area contributed by atoms with Gasteiger partial charge in [-0.2, -0.15) is 0 Å². The lowest BCUT2D eigenvalue weighted by Gasteiger charge is -2.38. The number of hydrogen-bond donors (Lipinski definition) is 0. The second-order valence-corrected chi connectivity index (χ2v) is 6.94. The molecule has 0 aromatic heterocycles. The molecule has 2 amide bonds. The van der Waals surface area contributed by atoms with Crippen LogP contribution in [0.15, 0.2) is 30.3 Å². The molecule has 1 atom stereocenters. The van der Waals surface area contributed by atoms with Crippen LogP contribution in [-0.4, -0.2) is 65.8 Å². The van der Waals surface area contributed by atoms with Gasteiger partial charge in [-0.1, -0.05) is 30.3 Å². The smallest absolute Gasteiger partial charge is 0.242 e. The molecular formula is C19H27N3O2. The van der Waals surface area contributed by atoms with Crippen LogP contribution in [0.2, 0.25) is 0 Å². The molecule has 1 aromatic rings. The van der Waals surface area contributed by atoms with Crippen molar-refractivity contribution < 1.29 is 9.59 Å². The average molecular weight is 329 g/mol. The molecule has 5 nitrogen and oxygen atoms in total. The molecule has 2 heterocycles. The SMILES string of the molecule is CN(C(=O)CN1CCCC1=O)C1CCCN(Cc2ccccc2)C1. The van der Waals surface area contributed by atoms with Gasteiger partial charge in [-0.15, -0.1) is 0 Å². The number of likely N-dealkylation sites (tertiary alicyclic amines) is 2. The van der Waals surface area contributed by atoms with Gasteiger partial charge < -0.3 is 9.80 Å². The van der Waals surface area contributed by atoms with E-state index in [1.165, 1.54) is 5.56 Å². The van der Waals surface area contributed by atoms with Crippen molar-refractivity contribution in [2.45, 2.75) is 38.3 Å². The van der Waals surface area contributed by atoms with Crippen molar-refractivity contribution in [3.63, 3.8) is 0 Å². The summed E-state index contributed by atoms with van der Waals surface area (Å²) < 4.78 is 0. The molecule has 0 spiro atoms. The minimum atomic E-state index is 0.0665. The highest BCUT2D eigenvalue weighted by Crippen LogP contribution is 2.18. The summed E-state index contributed by atoms with van der Waals surface area (Å²) in [6.45, 7) is 3.89. The maximum absolute atomic E-state index is 12.5. The molecule has 5 heteroatoms. The fourth-order valence-electron chi connectivity index (χ4n) is 3.68. The van der Waals surface area contributed by atoms with Gasteiger partial charge in [-0.25, -0.2) is 0 Å². The molecule has 0 radical (unpaired) electrons. The molecule has 2 aliphatic rings. The molecule has 3 rings (SSSR count). The third-order valence-corrected chi connectivity index (χ3v) is 5.17. The van der Waals surface area contributed by atoms with Crippen LogP contribution >= 0.6 is 0 Å². The van der Waals surface area contributed by atoms with Crippen LogP contribution in [0, 0.1) is 0 Å². The van der Waals surface area contributed by atoms with Gasteiger partial charge in [0.15, 0.2) is 0 Å². The highest BCUT2D eigenvalue weighted by Gasteiger charge is 2.29. The molecular weight excluding hydrogens is 302 g/mol. The summed E-state index contributed by atoms with van der Waals surface area (Å²) in [5.41, 5.74) is 1.31. The molecule has 2 fully saturated rings. The van der Waals surface area contributed by atoms with Crippen molar-refractivity contribution in [1.29, 1.82) is 0 Å². The summed E-state index contributed by atoms with van der Waals surface area (Å²) >= 11 is 0. The Morgan fingerprint density at radius 3 is 2.71 bits per heavy atom. The third kappa shape index (κ3) is 4.15. The van der Waals surface area contributed by atoms with Gasteiger partial charge in [-0.3, -0.25) is 14.5 Å². The fourth-order valence-corrected chi connectivity index (χ4v) is 3.68. The Morgan fingerprint density at radius 1 is 1.21 bits per heavy atom. The maximum atomic E-state index is 12.5. The number of piperidine rings is 1. The minimum Gasteiger partial charge on any atom is -0.340 e. The standard InChI is InChI=1S/C19H27N3O2/c1-20(19(24)15-22-12-6-10-18(22)23)17-9-5-11-21(14-17)13-16-7-3-2-4-8-16/h2-4,7-8,17H,5-6,9-15H2,1H3. The molecule has 130 valence electrons. The van der Waals surface area contributed by atoms with E-state index in [0.29, 0.717) is 6.42 Å². The van der Waals surface area contributed by atoms with Crippen molar-refractivity contribution in [2.75, 3.05) is 33.2 Å². The molecule has 2 saturated heterocycles. The predicted molar refractivity (Wildman–Crippen MR) is 93.3 cm³/mol. The molecule has 0 bridgehead atoms. The molecule has 24 heavy (non-hydrogen) atoms. The van der Waals surface area contributed by atoms with Crippen LogP contribution in [0.4, 0.5) is 0 Å². The topological polar surface area (TPSA) is 43.9 Å². The van der Waals surface area contributed by atoms with Gasteiger partial charge in [0.25, 0.3) is 0 Å². The number of rotatable bonds is 5. The number of benzene rings is 1. The Bertz CT molecular complexity index is 575. The lowest BCUT2D eigenvalue weighted by Crippen LogP contribution is -2.50. The van der Waals surface area contributed by atoms with E-state index in [1.807, 2.05) is 18.0 Å². The van der Waals surface area contributed by atoms with Crippen LogP contribution in [0.3, 0.4) is 0 Å². The number of amides is 2. The van der Waals surface area contributed by atoms with Crippen LogP contribution in [0.1, 0.15) is 31.2 Å². The van der Waals surface area contributed by atoms with E-state index in [2.05, 4.69) is 29.2 Å². The van der Waals surface area contributed by atoms with Gasteiger partial charge >= 0.3 is 0 Å². The number of carbonyl (C=O) groups excluding carboxylic acids is 2. The molecule has 1 unspecified atom stereocenters. The largest absolute Gasteiger partial charge is 0.340 e. The van der Waals surface area contributed by atoms with E-state index in [0.717, 1.165) is 45.4 Å². The highest BCUT2D eigenvalue weighted by atomic mass is 16.2. The predicted octanol–water partition coefficient (Wildman–Crippen LogP) is 1.73. The zero-order valence-corrected chi connectivity index (χ0v) is 14.5. The zero-order chi connectivity index (χ0) is 16.9. The van der Waals surface area contributed by atoms with E-state index in [9.17, 15) is 9.59 Å². The van der Waals surface area contributed by atoms with Gasteiger partial charge in [0.2, 0.25) is 11.8 Å². The van der Waals surface area contributed by atoms with Crippen molar-refractivity contribution in [2.24, 2.45) is 0 Å². The number of likely N-dealkylation sites (N-methyl/N-ethyl adjacent to an activating group) is 1. The first-order chi connectivity index (χ1) is 11.6. The van der Waals surface area contributed by atoms with Crippen molar-refractivity contribution in [3.05, 3.63) is 35.9 Å². The number of carbonyl (C=O) groups is 2. The van der Waals surface area contributed by atoms with Gasteiger partial charge in [0.05, 0.1) is 6.54 Å². The highest BCUT2D eigenvalue weighted by molar-refractivity contribution is 5.85. The maximum Gasteiger partial charge on any atom is 0.242 e. The van der Waals surface area contributed by atoms with Crippen molar-refractivity contribution in [1.82, 2.24) is 14.7 Å². The lowest BCUT2D eigenvalue weighted by atomic mass is 10.0. The summed E-state index contributed by atoms with van der Waals surface area (Å²) in [5, 5.41) is 0. The zero-order valence-electron chi connectivity index (χ0n) is 14.5. The van der Waals surface area contributed by atoms with Gasteiger partial charge in [0, 0.05) is 39.1 Å². The first-order valence-electron chi connectivity index (χ1n) is 8.93. The van der Waals surface area contributed by atoms with Crippen LogP contribution < -0.4 is 0 Å². The number of hydrogen-bond acceptors (Lipinski definition) is 3. The molecule has 1 aromatic carbocycles. The normalized spacial score (nSPS) is 22.0. The first kappa shape index (κ1) is 17.0. The first-order valence-corrected chi connectivity index (χ1v) is 8.93. The van der Waals surface area contributed by atoms with Gasteiger partial charge in [-0.05, 0) is 31.4 Å². The van der Waals surface area contributed by atoms with E-state index in [4.69, 9.17) is 0 Å². The minimum absolute atomic E-state index is 0.0665. The molecule has 0 saturated carbocycles. The summed E-state index contributed by atoms with van der Waals surface area (Å²) in [5.74, 6) is 0.183. The van der Waals surface area contributed by atoms with E-state index < -0.39 is 0 Å². The Morgan fingerprint density at radius 2 is 2.00 bits per heavy atom. The second kappa shape index (κ2) is 7.79. The second-order valence-electron chi connectivity index (χ2n) is 6.94. The molecule has 0 N–H and O–H groups in total. The lowest BCUT2D eigenvalue weighted by molar-refractivity contribution is -0.139. The average Bonchev–Trinajstić information content (AvgIpc) is 3.00. The third-order valence-electron chi connectivity index (χ3n) is 5.17. The van der Waals surface area contributed by atoms with Crippen molar-refractivity contribution in [3.8, 4) is 0 Å². The van der Waals surface area contributed by atoms with E-state index in [1.54, 1.807) is 4.90 Å². The van der Waals surface area contributed by atoms with Crippen LogP contribution in [-0.2, 0) is 16.1 Å². The monoisotopic (exact) mass is 329 g/mol. The summed E-state index contributed by atoms with van der Waals surface area (Å²) in [6, 6.07) is 10.7. The number of nitrogens with zero attached hydrogens (tertiary/aromatic N) is 3. The molecule has 0 aliphatic carbocycles.